The fourth-order valence-electron chi connectivity index (χ4n) is 1.40. The van der Waals surface area contributed by atoms with Crippen molar-refractivity contribution in [2.45, 2.75) is 38.6 Å². The molecule has 4 nitrogen and oxygen atoms in total. The number of hydrazine groups is 1. The second kappa shape index (κ2) is 3.76. The van der Waals surface area contributed by atoms with Gasteiger partial charge in [-0.15, -0.1) is 0 Å². The molecule has 0 saturated heterocycles. The van der Waals surface area contributed by atoms with E-state index in [2.05, 4.69) is 22.7 Å². The van der Waals surface area contributed by atoms with Gasteiger partial charge in [-0.3, -0.25) is 10.4 Å². The van der Waals surface area contributed by atoms with Gasteiger partial charge >= 0.3 is 0 Å². The van der Waals surface area contributed by atoms with E-state index in [9.17, 15) is 0 Å². The molecule has 0 radical (unpaired) electrons. The van der Waals surface area contributed by atoms with E-state index in [1.54, 1.807) is 0 Å². The Labute approximate surface area is 73.6 Å². The summed E-state index contributed by atoms with van der Waals surface area (Å²) in [6.07, 6.45) is 3.71. The number of nitrogens with two attached hydrogens (primary N) is 1. The molecule has 0 aliphatic heterocycles. The van der Waals surface area contributed by atoms with E-state index in [1.807, 2.05) is 6.92 Å². The number of hydrogen-bond acceptors (Lipinski definition) is 2. The van der Waals surface area contributed by atoms with Crippen LogP contribution in [0.15, 0.2) is 4.99 Å². The van der Waals surface area contributed by atoms with Crippen molar-refractivity contribution in [3.63, 3.8) is 0 Å². The molecule has 1 fully saturated rings. The molecule has 0 aromatic rings. The first-order valence-electron chi connectivity index (χ1n) is 4.49. The van der Waals surface area contributed by atoms with Crippen molar-refractivity contribution in [1.29, 1.82) is 0 Å². The summed E-state index contributed by atoms with van der Waals surface area (Å²) >= 11 is 0. The van der Waals surface area contributed by atoms with Crippen LogP contribution in [-0.4, -0.2) is 18.0 Å². The first kappa shape index (κ1) is 9.32. The number of nitrogens with zero attached hydrogens (tertiary/aromatic N) is 1. The number of aliphatic imine (C=N–C) groups is 1. The van der Waals surface area contributed by atoms with Crippen molar-refractivity contribution >= 4 is 5.96 Å². The number of nitrogens with one attached hydrogen (secondary N) is 2. The second-order valence-electron chi connectivity index (χ2n) is 3.51. The largest absolute Gasteiger partial charge is 0.350 e. The van der Waals surface area contributed by atoms with Crippen molar-refractivity contribution in [3.8, 4) is 0 Å². The highest BCUT2D eigenvalue weighted by atomic mass is 15.3. The maximum absolute atomic E-state index is 5.30. The van der Waals surface area contributed by atoms with E-state index in [0.29, 0.717) is 5.96 Å². The van der Waals surface area contributed by atoms with E-state index in [0.717, 1.165) is 6.54 Å². The molecule has 0 spiro atoms. The van der Waals surface area contributed by atoms with Crippen LogP contribution in [0.2, 0.25) is 0 Å². The Kier molecular flexibility index (Phi) is 2.92. The van der Waals surface area contributed by atoms with Crippen LogP contribution in [0.3, 0.4) is 0 Å². The van der Waals surface area contributed by atoms with Crippen LogP contribution >= 0.6 is 0 Å². The van der Waals surface area contributed by atoms with E-state index in [4.69, 9.17) is 5.84 Å². The molecule has 1 aliphatic rings. The lowest BCUT2D eigenvalue weighted by molar-refractivity contribution is 0.241. The van der Waals surface area contributed by atoms with Crippen LogP contribution in [0.4, 0.5) is 0 Å². The van der Waals surface area contributed by atoms with Crippen LogP contribution < -0.4 is 16.6 Å². The molecule has 0 bridgehead atoms. The molecule has 0 heterocycles. The van der Waals surface area contributed by atoms with E-state index in [1.165, 1.54) is 19.3 Å². The zero-order valence-corrected chi connectivity index (χ0v) is 7.85. The third kappa shape index (κ3) is 2.11. The minimum atomic E-state index is 0.223. The maximum Gasteiger partial charge on any atom is 0.206 e. The monoisotopic (exact) mass is 170 g/mol. The van der Waals surface area contributed by atoms with Crippen molar-refractivity contribution in [2.75, 3.05) is 6.54 Å². The summed E-state index contributed by atoms with van der Waals surface area (Å²) in [7, 11) is 0. The normalized spacial score (nSPS) is 21.4. The molecular formula is C8H18N4. The molecule has 4 heteroatoms. The topological polar surface area (TPSA) is 62.4 Å². The summed E-state index contributed by atoms with van der Waals surface area (Å²) in [6, 6.07) is 0. The molecule has 1 saturated carbocycles. The highest BCUT2D eigenvalue weighted by Crippen LogP contribution is 2.30. The molecule has 12 heavy (non-hydrogen) atoms. The summed E-state index contributed by atoms with van der Waals surface area (Å²) in [5, 5.41) is 3.29. The van der Waals surface area contributed by atoms with Crippen LogP contribution in [0.5, 0.6) is 0 Å². The van der Waals surface area contributed by atoms with Crippen molar-refractivity contribution in [2.24, 2.45) is 10.8 Å². The Morgan fingerprint density at radius 2 is 2.25 bits per heavy atom. The highest BCUT2D eigenvalue weighted by Gasteiger charge is 2.32. The van der Waals surface area contributed by atoms with Gasteiger partial charge in [0.2, 0.25) is 5.96 Å². The average Bonchev–Trinajstić information content (AvgIpc) is 2.01. The van der Waals surface area contributed by atoms with E-state index >= 15 is 0 Å². The summed E-state index contributed by atoms with van der Waals surface area (Å²) in [5.74, 6) is 6.01. The van der Waals surface area contributed by atoms with E-state index in [-0.39, 0.29) is 5.54 Å². The molecule has 70 valence electrons. The lowest BCUT2D eigenvalue weighted by atomic mass is 9.79. The Morgan fingerprint density at radius 3 is 2.58 bits per heavy atom. The van der Waals surface area contributed by atoms with Gasteiger partial charge in [-0.1, -0.05) is 0 Å². The summed E-state index contributed by atoms with van der Waals surface area (Å²) in [4.78, 5) is 4.18. The standard InChI is InChI=1S/C8H18N4/c1-3-10-7(12-9)11-8(2)5-4-6-8/h3-6,9H2,1-2H3,(H2,10,11,12). The minimum Gasteiger partial charge on any atom is -0.350 e. The molecule has 4 N–H and O–H groups in total. The van der Waals surface area contributed by atoms with Gasteiger partial charge in [-0.2, -0.15) is 0 Å². The zero-order valence-electron chi connectivity index (χ0n) is 7.85. The summed E-state index contributed by atoms with van der Waals surface area (Å²) in [6.45, 7) is 4.93. The van der Waals surface area contributed by atoms with Gasteiger partial charge in [0.15, 0.2) is 0 Å². The molecule has 0 unspecified atom stereocenters. The second-order valence-corrected chi connectivity index (χ2v) is 3.51. The zero-order chi connectivity index (χ0) is 9.03. The fourth-order valence-corrected chi connectivity index (χ4v) is 1.40. The Balaban J connectivity index is 2.41. The highest BCUT2D eigenvalue weighted by molar-refractivity contribution is 5.80. The Morgan fingerprint density at radius 1 is 1.58 bits per heavy atom. The van der Waals surface area contributed by atoms with Crippen LogP contribution in [0.25, 0.3) is 0 Å². The summed E-state index contributed by atoms with van der Waals surface area (Å²) in [5.41, 5.74) is 2.79. The molecule has 1 aliphatic carbocycles. The van der Waals surface area contributed by atoms with Gasteiger partial charge in [-0.25, -0.2) is 5.84 Å². The molecule has 0 aromatic carbocycles. The Bertz CT molecular complexity index is 172. The van der Waals surface area contributed by atoms with Gasteiger partial charge in [0.05, 0.1) is 0 Å². The van der Waals surface area contributed by atoms with Gasteiger partial charge in [0, 0.05) is 12.1 Å². The first-order chi connectivity index (χ1) is 5.70. The SMILES string of the molecule is CCN=C(NN)NC1(C)CCC1. The maximum atomic E-state index is 5.30. The Hall–Kier alpha value is -0.770. The van der Waals surface area contributed by atoms with Crippen molar-refractivity contribution in [1.82, 2.24) is 10.7 Å². The van der Waals surface area contributed by atoms with E-state index < -0.39 is 0 Å². The third-order valence-corrected chi connectivity index (χ3v) is 2.33. The molecule has 1 rings (SSSR count). The molecule has 0 amide bonds. The predicted octanol–water partition coefficient (Wildman–Crippen LogP) is 0.358. The molecule has 0 aromatic heterocycles. The van der Waals surface area contributed by atoms with Gasteiger partial charge < -0.3 is 5.32 Å². The van der Waals surface area contributed by atoms with Gasteiger partial charge in [-0.05, 0) is 33.1 Å². The van der Waals surface area contributed by atoms with Crippen LogP contribution in [0, 0.1) is 0 Å². The molecule has 0 atom stereocenters. The average molecular weight is 170 g/mol. The number of hydrogen-bond donors (Lipinski definition) is 3. The van der Waals surface area contributed by atoms with Crippen molar-refractivity contribution < 1.29 is 0 Å². The lowest BCUT2D eigenvalue weighted by Gasteiger charge is -2.39. The van der Waals surface area contributed by atoms with Crippen LogP contribution in [0.1, 0.15) is 33.1 Å². The minimum absolute atomic E-state index is 0.223. The third-order valence-electron chi connectivity index (χ3n) is 2.33. The predicted molar refractivity (Wildman–Crippen MR) is 50.7 cm³/mol. The summed E-state index contributed by atoms with van der Waals surface area (Å²) < 4.78 is 0. The van der Waals surface area contributed by atoms with Gasteiger partial charge in [0.25, 0.3) is 0 Å². The van der Waals surface area contributed by atoms with Crippen molar-refractivity contribution in [3.05, 3.63) is 0 Å². The molecular weight excluding hydrogens is 152 g/mol. The van der Waals surface area contributed by atoms with Crippen LogP contribution in [-0.2, 0) is 0 Å². The quantitative estimate of drug-likeness (QED) is 0.243. The lowest BCUT2D eigenvalue weighted by Crippen LogP contribution is -2.56. The smallest absolute Gasteiger partial charge is 0.206 e. The first-order valence-corrected chi connectivity index (χ1v) is 4.49. The van der Waals surface area contributed by atoms with Gasteiger partial charge in [0.1, 0.15) is 0 Å². The fraction of sp³-hybridized carbons (Fsp3) is 0.875. The number of guanidine groups is 1. The number of rotatable bonds is 2.